The molecule has 3 heteroatoms. The molecule has 0 aliphatic heterocycles. The third-order valence-corrected chi connectivity index (χ3v) is 2.99. The van der Waals surface area contributed by atoms with Gasteiger partial charge in [0.2, 0.25) is 5.92 Å². The Morgan fingerprint density at radius 2 is 1.91 bits per heavy atom. The molecule has 0 aromatic heterocycles. The minimum atomic E-state index is -2.56. The SMILES string of the molecule is O=C1CCC12CCC(F)(F)C2. The van der Waals surface area contributed by atoms with Gasteiger partial charge in [0.15, 0.2) is 0 Å². The minimum Gasteiger partial charge on any atom is -0.299 e. The van der Waals surface area contributed by atoms with Gasteiger partial charge >= 0.3 is 0 Å². The maximum atomic E-state index is 12.7. The lowest BCUT2D eigenvalue weighted by Crippen LogP contribution is -2.39. The van der Waals surface area contributed by atoms with Crippen LogP contribution in [0.25, 0.3) is 0 Å². The fourth-order valence-electron chi connectivity index (χ4n) is 2.13. The predicted octanol–water partition coefficient (Wildman–Crippen LogP) is 2.15. The molecule has 62 valence electrons. The van der Waals surface area contributed by atoms with Gasteiger partial charge in [-0.3, -0.25) is 4.79 Å². The lowest BCUT2D eigenvalue weighted by Gasteiger charge is -2.35. The number of Topliss-reactive ketones (excluding diaryl/α,β-unsaturated/α-hetero) is 1. The van der Waals surface area contributed by atoms with E-state index in [4.69, 9.17) is 0 Å². The fraction of sp³-hybridized carbons (Fsp3) is 0.875. The van der Waals surface area contributed by atoms with E-state index in [2.05, 4.69) is 0 Å². The van der Waals surface area contributed by atoms with Crippen molar-refractivity contribution in [2.24, 2.45) is 5.41 Å². The molecule has 2 rings (SSSR count). The molecule has 1 nitrogen and oxygen atoms in total. The van der Waals surface area contributed by atoms with E-state index in [1.165, 1.54) is 0 Å². The first-order chi connectivity index (χ1) is 5.04. The number of hydrogen-bond acceptors (Lipinski definition) is 1. The van der Waals surface area contributed by atoms with Crippen molar-refractivity contribution in [2.45, 2.75) is 38.0 Å². The Hall–Kier alpha value is -0.470. The highest BCUT2D eigenvalue weighted by Gasteiger charge is 2.57. The summed E-state index contributed by atoms with van der Waals surface area (Å²) < 4.78 is 25.4. The van der Waals surface area contributed by atoms with Crippen molar-refractivity contribution < 1.29 is 13.6 Å². The molecule has 0 heterocycles. The van der Waals surface area contributed by atoms with E-state index in [0.717, 1.165) is 0 Å². The van der Waals surface area contributed by atoms with Crippen LogP contribution in [0.4, 0.5) is 8.78 Å². The second-order valence-corrected chi connectivity index (χ2v) is 3.74. The topological polar surface area (TPSA) is 17.1 Å². The maximum Gasteiger partial charge on any atom is 0.249 e. The zero-order valence-corrected chi connectivity index (χ0v) is 6.20. The summed E-state index contributed by atoms with van der Waals surface area (Å²) in [4.78, 5) is 11.0. The summed E-state index contributed by atoms with van der Waals surface area (Å²) in [7, 11) is 0. The molecule has 0 aromatic carbocycles. The van der Waals surface area contributed by atoms with Crippen molar-refractivity contribution in [2.75, 3.05) is 0 Å². The molecule has 1 unspecified atom stereocenters. The van der Waals surface area contributed by atoms with E-state index in [9.17, 15) is 13.6 Å². The molecular weight excluding hydrogens is 150 g/mol. The van der Waals surface area contributed by atoms with Crippen molar-refractivity contribution >= 4 is 5.78 Å². The molecule has 0 aromatic rings. The average molecular weight is 160 g/mol. The molecule has 2 fully saturated rings. The number of ketones is 1. The summed E-state index contributed by atoms with van der Waals surface area (Å²) in [5.74, 6) is -2.49. The molecule has 11 heavy (non-hydrogen) atoms. The second-order valence-electron chi connectivity index (χ2n) is 3.74. The van der Waals surface area contributed by atoms with Crippen LogP contribution in [0.3, 0.4) is 0 Å². The molecular formula is C8H10F2O. The van der Waals surface area contributed by atoms with Crippen LogP contribution in [-0.4, -0.2) is 11.7 Å². The van der Waals surface area contributed by atoms with Gasteiger partial charge < -0.3 is 0 Å². The Morgan fingerprint density at radius 3 is 2.09 bits per heavy atom. The van der Waals surface area contributed by atoms with E-state index >= 15 is 0 Å². The van der Waals surface area contributed by atoms with Crippen LogP contribution < -0.4 is 0 Å². The summed E-state index contributed by atoms with van der Waals surface area (Å²) >= 11 is 0. The monoisotopic (exact) mass is 160 g/mol. The van der Waals surface area contributed by atoms with E-state index in [-0.39, 0.29) is 18.6 Å². The first kappa shape index (κ1) is 7.19. The van der Waals surface area contributed by atoms with Crippen LogP contribution in [0.1, 0.15) is 32.1 Å². The van der Waals surface area contributed by atoms with Gasteiger partial charge in [-0.05, 0) is 12.8 Å². The second kappa shape index (κ2) is 1.82. The number of rotatable bonds is 0. The van der Waals surface area contributed by atoms with Gasteiger partial charge in [-0.1, -0.05) is 0 Å². The summed E-state index contributed by atoms with van der Waals surface area (Å²) in [5, 5.41) is 0. The van der Waals surface area contributed by atoms with Gasteiger partial charge in [-0.15, -0.1) is 0 Å². The van der Waals surface area contributed by atoms with Crippen LogP contribution in [0.15, 0.2) is 0 Å². The first-order valence-electron chi connectivity index (χ1n) is 3.95. The van der Waals surface area contributed by atoms with Crippen LogP contribution >= 0.6 is 0 Å². The highest BCUT2D eigenvalue weighted by Crippen LogP contribution is 2.55. The summed E-state index contributed by atoms with van der Waals surface area (Å²) in [6.45, 7) is 0. The highest BCUT2D eigenvalue weighted by molar-refractivity contribution is 5.90. The smallest absolute Gasteiger partial charge is 0.249 e. The molecule has 1 spiro atoms. The van der Waals surface area contributed by atoms with E-state index in [0.29, 0.717) is 19.3 Å². The van der Waals surface area contributed by atoms with Crippen molar-refractivity contribution in [3.8, 4) is 0 Å². The Balaban J connectivity index is 2.15. The molecule has 2 saturated carbocycles. The minimum absolute atomic E-state index is 0.0645. The maximum absolute atomic E-state index is 12.7. The van der Waals surface area contributed by atoms with Crippen LogP contribution in [0.5, 0.6) is 0 Å². The van der Waals surface area contributed by atoms with Crippen molar-refractivity contribution in [3.63, 3.8) is 0 Å². The Labute approximate surface area is 63.8 Å². The van der Waals surface area contributed by atoms with E-state index in [1.807, 2.05) is 0 Å². The molecule has 0 bridgehead atoms. The zero-order chi connectivity index (χ0) is 8.11. The summed E-state index contributed by atoms with van der Waals surface area (Å²) in [6, 6.07) is 0. The van der Waals surface area contributed by atoms with Gasteiger partial charge in [0.1, 0.15) is 5.78 Å². The lowest BCUT2D eigenvalue weighted by molar-refractivity contribution is -0.140. The van der Waals surface area contributed by atoms with Crippen molar-refractivity contribution in [1.29, 1.82) is 0 Å². The van der Waals surface area contributed by atoms with E-state index in [1.54, 1.807) is 0 Å². The molecule has 0 radical (unpaired) electrons. The van der Waals surface area contributed by atoms with Crippen molar-refractivity contribution in [3.05, 3.63) is 0 Å². The lowest BCUT2D eigenvalue weighted by atomic mass is 9.66. The molecule has 0 N–H and O–H groups in total. The molecule has 0 saturated heterocycles. The summed E-state index contributed by atoms with van der Waals surface area (Å²) in [6.07, 6.45) is 1.37. The number of hydrogen-bond donors (Lipinski definition) is 0. The fourth-order valence-corrected chi connectivity index (χ4v) is 2.13. The Bertz CT molecular complexity index is 212. The molecule has 2 aliphatic carbocycles. The number of carbonyl (C=O) groups excluding carboxylic acids is 1. The Morgan fingerprint density at radius 1 is 1.18 bits per heavy atom. The van der Waals surface area contributed by atoms with Gasteiger partial charge in [0.05, 0.1) is 0 Å². The largest absolute Gasteiger partial charge is 0.299 e. The van der Waals surface area contributed by atoms with Crippen LogP contribution in [0, 0.1) is 5.41 Å². The third-order valence-electron chi connectivity index (χ3n) is 2.99. The normalized spacial score (nSPS) is 41.1. The number of carbonyl (C=O) groups is 1. The Kier molecular flexibility index (Phi) is 1.19. The van der Waals surface area contributed by atoms with Crippen molar-refractivity contribution in [1.82, 2.24) is 0 Å². The van der Waals surface area contributed by atoms with Gasteiger partial charge in [0, 0.05) is 24.7 Å². The van der Waals surface area contributed by atoms with Crippen LogP contribution in [-0.2, 0) is 4.79 Å². The zero-order valence-electron chi connectivity index (χ0n) is 6.20. The predicted molar refractivity (Wildman–Crippen MR) is 35.5 cm³/mol. The summed E-state index contributed by atoms with van der Waals surface area (Å²) in [5.41, 5.74) is -0.580. The van der Waals surface area contributed by atoms with Gasteiger partial charge in [-0.25, -0.2) is 8.78 Å². The first-order valence-corrected chi connectivity index (χ1v) is 3.95. The molecule has 0 amide bonds. The quantitative estimate of drug-likeness (QED) is 0.530. The van der Waals surface area contributed by atoms with Crippen LogP contribution in [0.2, 0.25) is 0 Å². The standard InChI is InChI=1S/C8H10F2O/c9-8(10)4-3-7(5-8)2-1-6(7)11/h1-5H2. The number of halogens is 2. The highest BCUT2D eigenvalue weighted by atomic mass is 19.3. The molecule has 2 aliphatic rings. The van der Waals surface area contributed by atoms with E-state index < -0.39 is 11.3 Å². The number of alkyl halides is 2. The third kappa shape index (κ3) is 0.898. The van der Waals surface area contributed by atoms with Gasteiger partial charge in [0.25, 0.3) is 0 Å². The van der Waals surface area contributed by atoms with Gasteiger partial charge in [-0.2, -0.15) is 0 Å². The average Bonchev–Trinajstić information content (AvgIpc) is 2.26. The molecule has 1 atom stereocenters.